The van der Waals surface area contributed by atoms with Crippen LogP contribution in [0.15, 0.2) is 18.2 Å². The third-order valence-electron chi connectivity index (χ3n) is 0.759. The van der Waals surface area contributed by atoms with Gasteiger partial charge in [-0.25, -0.2) is 4.39 Å². The molecule has 0 unspecified atom stereocenters. The Morgan fingerprint density at radius 1 is 1.33 bits per heavy atom. The van der Waals surface area contributed by atoms with Gasteiger partial charge in [-0.2, -0.15) is 12.1 Å². The summed E-state index contributed by atoms with van der Waals surface area (Å²) >= 11 is 0. The fourth-order valence-corrected chi connectivity index (χ4v) is 0.396. The maximum absolute atomic E-state index is 11.9. The molecule has 0 aliphatic heterocycles. The Hall–Kier alpha value is -0.297. The van der Waals surface area contributed by atoms with E-state index in [2.05, 4.69) is 6.07 Å². The van der Waals surface area contributed by atoms with Crippen LogP contribution in [0.4, 0.5) is 8.78 Å². The van der Waals surface area contributed by atoms with Crippen molar-refractivity contribution in [2.75, 3.05) is 0 Å². The van der Waals surface area contributed by atoms with Gasteiger partial charge in [-0.3, -0.25) is 4.39 Å². The fraction of sp³-hybridized carbons (Fsp3) is 0. The van der Waals surface area contributed by atoms with Gasteiger partial charge in [-0.15, -0.1) is 12.1 Å². The average Bonchev–Trinajstić information content (AvgIpc) is 1.77. The molecule has 0 atom stereocenters. The molecule has 0 aromatic heterocycles. The van der Waals surface area contributed by atoms with Gasteiger partial charge in [0, 0.05) is 31.1 Å². The van der Waals surface area contributed by atoms with Crippen LogP contribution in [0.2, 0.25) is 0 Å². The van der Waals surface area contributed by atoms with Gasteiger partial charge in [0.15, 0.2) is 0 Å². The van der Waals surface area contributed by atoms with Crippen LogP contribution in [0.25, 0.3) is 0 Å². The summed E-state index contributed by atoms with van der Waals surface area (Å²) < 4.78 is 23.8. The maximum atomic E-state index is 11.9. The quantitative estimate of drug-likeness (QED) is 0.420. The summed E-state index contributed by atoms with van der Waals surface area (Å²) in [5, 5.41) is 0. The van der Waals surface area contributed by atoms with Crippen molar-refractivity contribution in [1.82, 2.24) is 0 Å². The Morgan fingerprint density at radius 3 is 2.33 bits per heavy atom. The summed E-state index contributed by atoms with van der Waals surface area (Å²) in [5.41, 5.74) is 0. The molecule has 3 heteroatoms. The van der Waals surface area contributed by atoms with Crippen LogP contribution in [0.1, 0.15) is 0 Å². The largest absolute Gasteiger partial charge is 0.281 e. The van der Waals surface area contributed by atoms with E-state index in [1.807, 2.05) is 0 Å². The van der Waals surface area contributed by atoms with E-state index in [4.69, 9.17) is 0 Å². The van der Waals surface area contributed by atoms with Crippen LogP contribution in [-0.2, 0) is 19.5 Å². The number of hydrogen-bond acceptors (Lipinski definition) is 0. The Labute approximate surface area is 64.6 Å². The van der Waals surface area contributed by atoms with E-state index in [0.29, 0.717) is 0 Å². The van der Waals surface area contributed by atoms with Gasteiger partial charge >= 0.3 is 0 Å². The van der Waals surface area contributed by atoms with Crippen molar-refractivity contribution in [3.8, 4) is 0 Å². The van der Waals surface area contributed by atoms with E-state index in [9.17, 15) is 8.78 Å². The Kier molecular flexibility index (Phi) is 3.56. The third kappa shape index (κ3) is 2.19. The van der Waals surface area contributed by atoms with E-state index < -0.39 is 11.6 Å². The van der Waals surface area contributed by atoms with Crippen molar-refractivity contribution in [3.05, 3.63) is 35.9 Å². The molecule has 0 saturated carbocycles. The first kappa shape index (κ1) is 8.70. The zero-order chi connectivity index (χ0) is 5.98. The number of halogens is 2. The van der Waals surface area contributed by atoms with Crippen LogP contribution < -0.4 is 0 Å². The summed E-state index contributed by atoms with van der Waals surface area (Å²) in [5.74, 6) is -1.78. The molecule has 0 fully saturated rings. The van der Waals surface area contributed by atoms with Gasteiger partial charge in [0.2, 0.25) is 0 Å². The first-order chi connectivity index (χ1) is 3.80. The van der Waals surface area contributed by atoms with Crippen LogP contribution in [0.3, 0.4) is 0 Å². The second-order valence-corrected chi connectivity index (χ2v) is 1.33. The topological polar surface area (TPSA) is 0 Å². The Morgan fingerprint density at radius 2 is 2.00 bits per heavy atom. The van der Waals surface area contributed by atoms with Crippen LogP contribution in [0, 0.1) is 17.7 Å². The summed E-state index contributed by atoms with van der Waals surface area (Å²) in [4.78, 5) is 0. The molecule has 0 heterocycles. The van der Waals surface area contributed by atoms with Gasteiger partial charge in [-0.05, 0) is 0 Å². The van der Waals surface area contributed by atoms with Crippen molar-refractivity contribution >= 4 is 0 Å². The number of hydrogen-bond donors (Lipinski definition) is 0. The number of benzene rings is 1. The summed E-state index contributed by atoms with van der Waals surface area (Å²) in [7, 11) is 0. The van der Waals surface area contributed by atoms with Gasteiger partial charge in [0.05, 0.1) is 0 Å². The van der Waals surface area contributed by atoms with Crippen molar-refractivity contribution < 1.29 is 28.3 Å². The predicted octanol–water partition coefficient (Wildman–Crippen LogP) is 1.76. The molecule has 0 saturated heterocycles. The van der Waals surface area contributed by atoms with E-state index in [-0.39, 0.29) is 19.5 Å². The molecule has 0 bridgehead atoms. The molecule has 9 heavy (non-hydrogen) atoms. The molecule has 0 amide bonds. The van der Waals surface area contributed by atoms with Crippen molar-refractivity contribution in [2.24, 2.45) is 0 Å². The minimum atomic E-state index is -0.924. The zero-order valence-electron chi connectivity index (χ0n) is 4.70. The molecule has 44 valence electrons. The second-order valence-electron chi connectivity index (χ2n) is 1.33. The zero-order valence-corrected chi connectivity index (χ0v) is 7.66. The third-order valence-corrected chi connectivity index (χ3v) is 0.759. The van der Waals surface area contributed by atoms with E-state index in [1.54, 1.807) is 0 Å². The molecular formula is C6H3F2Zn-. The van der Waals surface area contributed by atoms with Crippen LogP contribution in [-0.4, -0.2) is 0 Å². The van der Waals surface area contributed by atoms with Crippen molar-refractivity contribution in [2.45, 2.75) is 0 Å². The summed E-state index contributed by atoms with van der Waals surface area (Å²) in [6.45, 7) is 0. The van der Waals surface area contributed by atoms with Crippen LogP contribution >= 0.6 is 0 Å². The van der Waals surface area contributed by atoms with E-state index in [0.717, 1.165) is 6.07 Å². The van der Waals surface area contributed by atoms with Gasteiger partial charge in [-0.1, -0.05) is 0 Å². The maximum Gasteiger partial charge on any atom is 0.0451 e. The van der Waals surface area contributed by atoms with E-state index >= 15 is 0 Å². The first-order valence-corrected chi connectivity index (χ1v) is 2.12. The minimum Gasteiger partial charge on any atom is -0.281 e. The number of rotatable bonds is 0. The van der Waals surface area contributed by atoms with E-state index in [1.165, 1.54) is 12.1 Å². The molecule has 1 aromatic carbocycles. The normalized spacial score (nSPS) is 8.22. The molecule has 0 N–H and O–H groups in total. The monoisotopic (exact) mass is 177 g/mol. The summed E-state index contributed by atoms with van der Waals surface area (Å²) in [6, 6.07) is 5.81. The minimum absolute atomic E-state index is 0. The predicted molar refractivity (Wildman–Crippen MR) is 25.2 cm³/mol. The van der Waals surface area contributed by atoms with Crippen molar-refractivity contribution in [1.29, 1.82) is 0 Å². The second kappa shape index (κ2) is 3.68. The van der Waals surface area contributed by atoms with Gasteiger partial charge < -0.3 is 0 Å². The standard InChI is InChI=1S/C6H3F2.Zn/c7-5-3-1-2-4-6(5)8;/h1-3H;/q-1;. The fourth-order valence-electron chi connectivity index (χ4n) is 0.396. The summed E-state index contributed by atoms with van der Waals surface area (Å²) in [6.07, 6.45) is 0. The van der Waals surface area contributed by atoms with Crippen LogP contribution in [0.5, 0.6) is 0 Å². The molecule has 0 radical (unpaired) electrons. The molecule has 0 nitrogen and oxygen atoms in total. The van der Waals surface area contributed by atoms with Gasteiger partial charge in [0.25, 0.3) is 0 Å². The SMILES string of the molecule is Fc1[c-]cccc1F.[Zn]. The molecule has 1 rings (SSSR count). The van der Waals surface area contributed by atoms with Crippen molar-refractivity contribution in [3.63, 3.8) is 0 Å². The molecular weight excluding hydrogens is 175 g/mol. The Bertz CT molecular complexity index is 167. The molecule has 1 aromatic rings. The molecule has 0 aliphatic carbocycles. The Balaban J connectivity index is 0.000000640. The first-order valence-electron chi connectivity index (χ1n) is 2.12. The molecule has 0 aliphatic rings. The smallest absolute Gasteiger partial charge is 0.0451 e. The average molecular weight is 178 g/mol. The molecule has 0 spiro atoms. The van der Waals surface area contributed by atoms with Gasteiger partial charge in [0.1, 0.15) is 0 Å².